The lowest BCUT2D eigenvalue weighted by molar-refractivity contribution is 0.459. The normalized spacial score (nSPS) is 12.2. The smallest absolute Gasteiger partial charge is 0.167 e. The Morgan fingerprint density at radius 3 is 2.65 bits per heavy atom. The van der Waals surface area contributed by atoms with E-state index in [4.69, 9.17) is 21.4 Å². The molecule has 1 aromatic heterocycles. The van der Waals surface area contributed by atoms with Crippen molar-refractivity contribution in [3.05, 3.63) is 53.1 Å². The van der Waals surface area contributed by atoms with Crippen LogP contribution in [-0.2, 0) is 0 Å². The third-order valence-corrected chi connectivity index (χ3v) is 3.56. The van der Waals surface area contributed by atoms with E-state index in [2.05, 4.69) is 11.2 Å². The van der Waals surface area contributed by atoms with Gasteiger partial charge in [-0.15, -0.1) is 0 Å². The zero-order chi connectivity index (χ0) is 14.1. The molecule has 0 bridgehead atoms. The van der Waals surface area contributed by atoms with Gasteiger partial charge in [-0.25, -0.2) is 0 Å². The summed E-state index contributed by atoms with van der Waals surface area (Å²) in [6.45, 7) is 1.87. The molecule has 4 heteroatoms. The van der Waals surface area contributed by atoms with Crippen LogP contribution in [0.1, 0.15) is 18.4 Å². The highest BCUT2D eigenvalue weighted by atomic mass is 35.5. The summed E-state index contributed by atoms with van der Waals surface area (Å²) >= 11 is 5.90. The molecular weight excluding hydrogens is 272 g/mol. The summed E-state index contributed by atoms with van der Waals surface area (Å²) in [5, 5.41) is 14.7. The summed E-state index contributed by atoms with van der Waals surface area (Å²) in [4.78, 5) is 0. The average molecular weight is 283 g/mol. The van der Waals surface area contributed by atoms with Gasteiger partial charge < -0.3 is 4.52 Å². The average Bonchev–Trinajstić information content (AvgIpc) is 2.90. The van der Waals surface area contributed by atoms with E-state index in [1.165, 1.54) is 0 Å². The number of nitrogens with zero attached hydrogens (tertiary/aromatic N) is 2. The molecule has 0 fully saturated rings. The summed E-state index contributed by atoms with van der Waals surface area (Å²) in [6, 6.07) is 15.4. The van der Waals surface area contributed by atoms with Crippen molar-refractivity contribution in [2.24, 2.45) is 0 Å². The fourth-order valence-corrected chi connectivity index (χ4v) is 2.24. The van der Waals surface area contributed by atoms with Gasteiger partial charge in [0.15, 0.2) is 5.58 Å². The number of fused-ring (bicyclic) bond motifs is 1. The molecule has 0 amide bonds. The van der Waals surface area contributed by atoms with E-state index in [0.717, 1.165) is 22.2 Å². The van der Waals surface area contributed by atoms with Gasteiger partial charge in [-0.3, -0.25) is 0 Å². The molecule has 1 heterocycles. The largest absolute Gasteiger partial charge is 0.356 e. The molecule has 0 radical (unpaired) electrons. The van der Waals surface area contributed by atoms with Crippen LogP contribution in [0.15, 0.2) is 47.0 Å². The van der Waals surface area contributed by atoms with Crippen molar-refractivity contribution in [1.29, 1.82) is 5.26 Å². The van der Waals surface area contributed by atoms with Crippen LogP contribution in [0.25, 0.3) is 22.2 Å². The molecule has 3 rings (SSSR count). The van der Waals surface area contributed by atoms with E-state index >= 15 is 0 Å². The number of aromatic nitrogens is 1. The lowest BCUT2D eigenvalue weighted by atomic mass is 9.99. The van der Waals surface area contributed by atoms with Crippen LogP contribution in [0.5, 0.6) is 0 Å². The Kier molecular flexibility index (Phi) is 3.17. The summed E-state index contributed by atoms with van der Waals surface area (Å²) < 4.78 is 5.34. The van der Waals surface area contributed by atoms with Crippen LogP contribution in [-0.4, -0.2) is 5.16 Å². The minimum Gasteiger partial charge on any atom is -0.356 e. The minimum atomic E-state index is -0.160. The second kappa shape index (κ2) is 4.99. The predicted octanol–water partition coefficient (Wildman–Crippen LogP) is 4.78. The fourth-order valence-electron chi connectivity index (χ4n) is 2.12. The van der Waals surface area contributed by atoms with Gasteiger partial charge in [0.05, 0.1) is 17.4 Å². The highest BCUT2D eigenvalue weighted by Gasteiger charge is 2.13. The first-order valence-electron chi connectivity index (χ1n) is 6.24. The maximum Gasteiger partial charge on any atom is 0.167 e. The molecule has 3 aromatic rings. The van der Waals surface area contributed by atoms with Gasteiger partial charge in [0, 0.05) is 10.6 Å². The second-order valence-corrected chi connectivity index (χ2v) is 5.08. The van der Waals surface area contributed by atoms with Gasteiger partial charge in [-0.2, -0.15) is 5.26 Å². The highest BCUT2D eigenvalue weighted by Crippen LogP contribution is 2.31. The van der Waals surface area contributed by atoms with Crippen LogP contribution in [0.4, 0.5) is 0 Å². The highest BCUT2D eigenvalue weighted by molar-refractivity contribution is 6.30. The molecule has 20 heavy (non-hydrogen) atoms. The Hall–Kier alpha value is -2.31. The number of benzene rings is 2. The van der Waals surface area contributed by atoms with E-state index in [1.807, 2.05) is 49.4 Å². The molecule has 98 valence electrons. The number of rotatable bonds is 2. The molecule has 0 aliphatic carbocycles. The first-order valence-corrected chi connectivity index (χ1v) is 6.61. The quantitative estimate of drug-likeness (QED) is 0.680. The lowest BCUT2D eigenvalue weighted by Gasteiger charge is -2.02. The molecule has 0 saturated heterocycles. The van der Waals surface area contributed by atoms with Crippen molar-refractivity contribution in [3.8, 4) is 17.3 Å². The van der Waals surface area contributed by atoms with E-state index in [-0.39, 0.29) is 5.92 Å². The zero-order valence-electron chi connectivity index (χ0n) is 10.8. The Labute approximate surface area is 121 Å². The maximum atomic E-state index is 9.02. The molecule has 0 unspecified atom stereocenters. The monoisotopic (exact) mass is 282 g/mol. The van der Waals surface area contributed by atoms with Crippen molar-refractivity contribution in [3.63, 3.8) is 0 Å². The van der Waals surface area contributed by atoms with Gasteiger partial charge >= 0.3 is 0 Å². The SMILES string of the molecule is C[C@@H](C#N)c1ccc2onc(-c3ccc(Cl)cc3)c2c1. The van der Waals surface area contributed by atoms with Crippen LogP contribution in [0.3, 0.4) is 0 Å². The fraction of sp³-hybridized carbons (Fsp3) is 0.125. The Morgan fingerprint density at radius 1 is 1.20 bits per heavy atom. The topological polar surface area (TPSA) is 49.8 Å². The van der Waals surface area contributed by atoms with E-state index < -0.39 is 0 Å². The van der Waals surface area contributed by atoms with Gasteiger partial charge in [0.2, 0.25) is 0 Å². The third kappa shape index (κ3) is 2.15. The first-order chi connectivity index (χ1) is 9.69. The molecule has 0 saturated carbocycles. The Bertz CT molecular complexity index is 799. The van der Waals surface area contributed by atoms with Gasteiger partial charge in [-0.05, 0) is 36.8 Å². The number of halogens is 1. The first kappa shape index (κ1) is 12.7. The van der Waals surface area contributed by atoms with Crippen molar-refractivity contribution in [2.45, 2.75) is 12.8 Å². The number of hydrogen-bond acceptors (Lipinski definition) is 3. The van der Waals surface area contributed by atoms with Gasteiger partial charge in [0.1, 0.15) is 5.69 Å². The summed E-state index contributed by atoms with van der Waals surface area (Å²) in [6.07, 6.45) is 0. The second-order valence-electron chi connectivity index (χ2n) is 4.64. The van der Waals surface area contributed by atoms with Crippen LogP contribution in [0.2, 0.25) is 5.02 Å². The minimum absolute atomic E-state index is 0.160. The molecule has 0 N–H and O–H groups in total. The molecule has 2 aromatic carbocycles. The Morgan fingerprint density at radius 2 is 1.95 bits per heavy atom. The maximum absolute atomic E-state index is 9.02. The van der Waals surface area contributed by atoms with Crippen molar-refractivity contribution in [2.75, 3.05) is 0 Å². The summed E-state index contributed by atoms with van der Waals surface area (Å²) in [5.41, 5.74) is 3.38. The van der Waals surface area contributed by atoms with Gasteiger partial charge in [0.25, 0.3) is 0 Å². The third-order valence-electron chi connectivity index (χ3n) is 3.31. The van der Waals surface area contributed by atoms with Crippen LogP contribution < -0.4 is 0 Å². The predicted molar refractivity (Wildman–Crippen MR) is 78.5 cm³/mol. The molecule has 0 spiro atoms. The summed E-state index contributed by atoms with van der Waals surface area (Å²) in [5.74, 6) is -0.160. The zero-order valence-corrected chi connectivity index (χ0v) is 11.6. The van der Waals surface area contributed by atoms with E-state index in [1.54, 1.807) is 0 Å². The van der Waals surface area contributed by atoms with Crippen LogP contribution >= 0.6 is 11.6 Å². The standard InChI is InChI=1S/C16H11ClN2O/c1-10(9-18)12-4-7-15-14(8-12)16(19-20-15)11-2-5-13(17)6-3-11/h2-8,10H,1H3/t10-/m0/s1. The van der Waals surface area contributed by atoms with E-state index in [0.29, 0.717) is 10.6 Å². The van der Waals surface area contributed by atoms with Crippen molar-refractivity contribution < 1.29 is 4.52 Å². The van der Waals surface area contributed by atoms with Crippen molar-refractivity contribution in [1.82, 2.24) is 5.16 Å². The Balaban J connectivity index is 2.16. The van der Waals surface area contributed by atoms with Crippen molar-refractivity contribution >= 4 is 22.6 Å². The van der Waals surface area contributed by atoms with E-state index in [9.17, 15) is 0 Å². The lowest BCUT2D eigenvalue weighted by Crippen LogP contribution is -1.88. The number of nitriles is 1. The summed E-state index contributed by atoms with van der Waals surface area (Å²) in [7, 11) is 0. The molecule has 1 atom stereocenters. The molecule has 0 aliphatic heterocycles. The molecule has 3 nitrogen and oxygen atoms in total. The van der Waals surface area contributed by atoms with Crippen LogP contribution in [0, 0.1) is 11.3 Å². The van der Waals surface area contributed by atoms with Gasteiger partial charge in [-0.1, -0.05) is 35.0 Å². The molecule has 0 aliphatic rings. The molecular formula is C16H11ClN2O. The number of hydrogen-bond donors (Lipinski definition) is 0.